The number of H-pyrrole nitrogens is 1. The smallest absolute Gasteiger partial charge is 0.417 e. The first kappa shape index (κ1) is 13.3. The third-order valence-corrected chi connectivity index (χ3v) is 3.78. The topological polar surface area (TPSA) is 132 Å². The average molecular weight is 285 g/mol. The Morgan fingerprint density at radius 3 is 2.84 bits per heavy atom. The lowest BCUT2D eigenvalue weighted by atomic mass is 10.3. The summed E-state index contributed by atoms with van der Waals surface area (Å²) in [5, 5.41) is 10.2. The molecule has 0 bridgehead atoms. The fraction of sp³-hybridized carbons (Fsp3) is 0.200. The minimum Gasteiger partial charge on any atom is -0.550 e. The summed E-state index contributed by atoms with van der Waals surface area (Å²) in [5.74, 6) is -2.04. The van der Waals surface area contributed by atoms with Crippen LogP contribution >= 0.6 is 0 Å². The molecule has 0 aliphatic carbocycles. The third-order valence-electron chi connectivity index (χ3n) is 2.32. The molecule has 8 nitrogen and oxygen atoms in total. The normalized spacial score (nSPS) is 11.8. The lowest BCUT2D eigenvalue weighted by Crippen LogP contribution is -2.31. The van der Waals surface area contributed by atoms with E-state index in [0.29, 0.717) is 5.52 Å². The molecule has 0 spiro atoms. The number of carboxylic acid groups (broad SMARTS) is 1. The lowest BCUT2D eigenvalue weighted by molar-refractivity contribution is -0.305. The number of aliphatic carboxylic acids is 1. The second kappa shape index (κ2) is 4.86. The van der Waals surface area contributed by atoms with Crippen LogP contribution in [0, 0.1) is 0 Å². The molecule has 0 aliphatic rings. The quantitative estimate of drug-likeness (QED) is 0.689. The molecule has 0 unspecified atom stereocenters. The zero-order valence-corrected chi connectivity index (χ0v) is 10.3. The standard InChI is InChI=1S/C10H10N2O6S/c13-9(14)3-4-11-19(16,17)6-1-2-7-8(5-6)18-10(15)12-7/h1-2,5,11H,3-4H2,(H,12,15)(H,13,14)/p-1. The van der Waals surface area contributed by atoms with Crippen molar-refractivity contribution in [3.8, 4) is 0 Å². The molecule has 0 saturated heterocycles. The SMILES string of the molecule is O=C([O-])CCNS(=O)(=O)c1ccc2[nH]c(=O)oc2c1. The fourth-order valence-electron chi connectivity index (χ4n) is 1.46. The lowest BCUT2D eigenvalue weighted by Gasteiger charge is -2.06. The number of oxazole rings is 1. The summed E-state index contributed by atoms with van der Waals surface area (Å²) in [6, 6.07) is 3.83. The molecule has 1 aromatic carbocycles. The number of nitrogens with one attached hydrogen (secondary N) is 2. The highest BCUT2D eigenvalue weighted by Gasteiger charge is 2.15. The molecule has 0 saturated carbocycles. The van der Waals surface area contributed by atoms with Crippen molar-refractivity contribution in [1.82, 2.24) is 9.71 Å². The van der Waals surface area contributed by atoms with Crippen LogP contribution in [0.3, 0.4) is 0 Å². The van der Waals surface area contributed by atoms with Crippen LogP contribution in [0.4, 0.5) is 0 Å². The maximum Gasteiger partial charge on any atom is 0.417 e. The van der Waals surface area contributed by atoms with Crippen LogP contribution in [0.15, 0.2) is 32.3 Å². The molecule has 0 aliphatic heterocycles. The van der Waals surface area contributed by atoms with Gasteiger partial charge < -0.3 is 14.3 Å². The molecule has 1 aromatic heterocycles. The summed E-state index contributed by atoms with van der Waals surface area (Å²) in [5.41, 5.74) is 0.478. The Balaban J connectivity index is 2.26. The number of sulfonamides is 1. The van der Waals surface area contributed by atoms with Gasteiger partial charge in [0.1, 0.15) is 0 Å². The molecule has 102 valence electrons. The molecule has 0 amide bonds. The maximum absolute atomic E-state index is 11.8. The molecular formula is C10H9N2O6S-. The highest BCUT2D eigenvalue weighted by molar-refractivity contribution is 7.89. The van der Waals surface area contributed by atoms with Gasteiger partial charge in [0.05, 0.1) is 10.4 Å². The van der Waals surface area contributed by atoms with Crippen LogP contribution < -0.4 is 15.6 Å². The molecule has 1 heterocycles. The van der Waals surface area contributed by atoms with Gasteiger partial charge >= 0.3 is 5.76 Å². The van der Waals surface area contributed by atoms with E-state index in [1.165, 1.54) is 18.2 Å². The molecule has 0 radical (unpaired) electrons. The fourth-order valence-corrected chi connectivity index (χ4v) is 2.51. The zero-order chi connectivity index (χ0) is 14.0. The Morgan fingerprint density at radius 1 is 1.42 bits per heavy atom. The van der Waals surface area contributed by atoms with E-state index in [0.717, 1.165) is 0 Å². The minimum absolute atomic E-state index is 0.104. The summed E-state index contributed by atoms with van der Waals surface area (Å²) >= 11 is 0. The number of hydrogen-bond acceptors (Lipinski definition) is 6. The highest BCUT2D eigenvalue weighted by atomic mass is 32.2. The number of carbonyl (C=O) groups is 1. The Morgan fingerprint density at radius 2 is 2.16 bits per heavy atom. The average Bonchev–Trinajstić information content (AvgIpc) is 2.67. The van der Waals surface area contributed by atoms with Crippen LogP contribution in [0.2, 0.25) is 0 Å². The second-order valence-electron chi connectivity index (χ2n) is 3.69. The van der Waals surface area contributed by atoms with Crippen molar-refractivity contribution in [2.24, 2.45) is 0 Å². The number of aromatic amines is 1. The monoisotopic (exact) mass is 285 g/mol. The van der Waals surface area contributed by atoms with E-state index in [1.54, 1.807) is 0 Å². The molecule has 2 rings (SSSR count). The summed E-state index contributed by atoms with van der Waals surface area (Å²) in [6.07, 6.45) is -0.430. The molecule has 2 aromatic rings. The first-order chi connectivity index (χ1) is 8.88. The predicted octanol–water partition coefficient (Wildman–Crippen LogP) is -1.46. The van der Waals surface area contributed by atoms with E-state index in [-0.39, 0.29) is 17.0 Å². The van der Waals surface area contributed by atoms with E-state index in [4.69, 9.17) is 4.42 Å². The van der Waals surface area contributed by atoms with Gasteiger partial charge in [-0.3, -0.25) is 4.98 Å². The van der Waals surface area contributed by atoms with Gasteiger partial charge in [0, 0.05) is 25.0 Å². The van der Waals surface area contributed by atoms with Crippen molar-refractivity contribution >= 4 is 27.1 Å². The second-order valence-corrected chi connectivity index (χ2v) is 5.46. The molecule has 0 fully saturated rings. The van der Waals surface area contributed by atoms with Crippen LogP contribution in [0.1, 0.15) is 6.42 Å². The first-order valence-electron chi connectivity index (χ1n) is 5.21. The Hall–Kier alpha value is -2.13. The number of carbonyl (C=O) groups excluding carboxylic acids is 1. The largest absolute Gasteiger partial charge is 0.550 e. The Kier molecular flexibility index (Phi) is 3.40. The molecule has 0 atom stereocenters. The minimum atomic E-state index is -3.86. The molecule has 9 heteroatoms. The van der Waals surface area contributed by atoms with Gasteiger partial charge in [-0.1, -0.05) is 0 Å². The van der Waals surface area contributed by atoms with Crippen molar-refractivity contribution in [3.63, 3.8) is 0 Å². The zero-order valence-electron chi connectivity index (χ0n) is 9.50. The van der Waals surface area contributed by atoms with Gasteiger partial charge in [-0.2, -0.15) is 0 Å². The van der Waals surface area contributed by atoms with Crippen molar-refractivity contribution in [1.29, 1.82) is 0 Å². The van der Waals surface area contributed by atoms with Crippen molar-refractivity contribution < 1.29 is 22.7 Å². The van der Waals surface area contributed by atoms with Gasteiger partial charge in [0.15, 0.2) is 5.58 Å². The summed E-state index contributed by atoms with van der Waals surface area (Å²) in [4.78, 5) is 23.4. The number of fused-ring (bicyclic) bond motifs is 1. The number of benzene rings is 1. The van der Waals surface area contributed by atoms with Crippen LogP contribution in [-0.4, -0.2) is 25.9 Å². The molecule has 19 heavy (non-hydrogen) atoms. The highest BCUT2D eigenvalue weighted by Crippen LogP contribution is 2.16. The first-order valence-corrected chi connectivity index (χ1v) is 6.69. The Bertz CT molecular complexity index is 773. The number of aromatic nitrogens is 1. The van der Waals surface area contributed by atoms with Crippen LogP contribution in [0.25, 0.3) is 11.1 Å². The van der Waals surface area contributed by atoms with E-state index in [1.807, 2.05) is 0 Å². The molecule has 2 N–H and O–H groups in total. The summed E-state index contributed by atoms with van der Waals surface area (Å²) < 4.78 is 30.5. The van der Waals surface area contributed by atoms with Gasteiger partial charge in [-0.25, -0.2) is 17.9 Å². The maximum atomic E-state index is 11.8. The number of rotatable bonds is 5. The van der Waals surface area contributed by atoms with Crippen molar-refractivity contribution in [2.45, 2.75) is 11.3 Å². The van der Waals surface area contributed by atoms with E-state index in [2.05, 4.69) is 9.71 Å². The van der Waals surface area contributed by atoms with Gasteiger partial charge in [0.25, 0.3) is 0 Å². The van der Waals surface area contributed by atoms with Gasteiger partial charge in [-0.05, 0) is 12.1 Å². The van der Waals surface area contributed by atoms with E-state index in [9.17, 15) is 23.1 Å². The number of hydrogen-bond donors (Lipinski definition) is 2. The summed E-state index contributed by atoms with van der Waals surface area (Å²) in [6.45, 7) is -0.278. The van der Waals surface area contributed by atoms with Crippen molar-refractivity contribution in [2.75, 3.05) is 6.54 Å². The van der Waals surface area contributed by atoms with Gasteiger partial charge in [0.2, 0.25) is 10.0 Å². The Labute approximate surface area is 107 Å². The third kappa shape index (κ3) is 3.01. The number of carboxylic acids is 1. The van der Waals surface area contributed by atoms with Crippen LogP contribution in [0.5, 0.6) is 0 Å². The van der Waals surface area contributed by atoms with E-state index < -0.39 is 28.2 Å². The van der Waals surface area contributed by atoms with Gasteiger partial charge in [-0.15, -0.1) is 0 Å². The van der Waals surface area contributed by atoms with Crippen molar-refractivity contribution in [3.05, 3.63) is 28.7 Å². The summed E-state index contributed by atoms with van der Waals surface area (Å²) in [7, 11) is -3.86. The van der Waals surface area contributed by atoms with Crippen LogP contribution in [-0.2, 0) is 14.8 Å². The predicted molar refractivity (Wildman–Crippen MR) is 61.6 cm³/mol. The van der Waals surface area contributed by atoms with E-state index >= 15 is 0 Å². The molecular weight excluding hydrogens is 276 g/mol.